The Morgan fingerprint density at radius 1 is 0.474 bits per heavy atom. The second kappa shape index (κ2) is 56.3. The third kappa shape index (κ3) is 56.7. The summed E-state index contributed by atoms with van der Waals surface area (Å²) in [6, 6.07) is -0.895. The van der Waals surface area contributed by atoms with E-state index in [1.165, 1.54) is 186 Å². The SMILES string of the molecule is CC/C=C/C/C=C/C/C=C/CCCCCCC(=O)OC(/C=C\CCCCCCCCCCCCC)C(COP(=O)([O-])OCC[N+](C)(C)C)NC(=O)CCCCCCCCCCCCCCCCCCCCCCCCC. The molecule has 0 aromatic rings. The first-order valence-corrected chi connectivity index (χ1v) is 33.9. The maximum absolute atomic E-state index is 13.6. The van der Waals surface area contributed by atoms with Gasteiger partial charge in [-0.15, -0.1) is 0 Å². The van der Waals surface area contributed by atoms with Gasteiger partial charge in [-0.25, -0.2) is 0 Å². The molecule has 0 aliphatic rings. The third-order valence-electron chi connectivity index (χ3n) is 14.5. The minimum Gasteiger partial charge on any atom is -0.756 e. The van der Waals surface area contributed by atoms with Crippen LogP contribution in [0.25, 0.3) is 0 Å². The Morgan fingerprint density at radius 2 is 0.842 bits per heavy atom. The summed E-state index contributed by atoms with van der Waals surface area (Å²) < 4.78 is 30.3. The van der Waals surface area contributed by atoms with E-state index in [1.54, 1.807) is 0 Å². The molecule has 0 radical (unpaired) electrons. The van der Waals surface area contributed by atoms with Crippen LogP contribution in [0.4, 0.5) is 0 Å². The van der Waals surface area contributed by atoms with Crippen LogP contribution in [0.3, 0.4) is 0 Å². The van der Waals surface area contributed by atoms with Gasteiger partial charge in [0.15, 0.2) is 0 Å². The molecule has 10 heteroatoms. The lowest BCUT2D eigenvalue weighted by Crippen LogP contribution is -2.47. The summed E-state index contributed by atoms with van der Waals surface area (Å²) in [5, 5.41) is 3.03. The first-order valence-electron chi connectivity index (χ1n) is 32.4. The lowest BCUT2D eigenvalue weighted by atomic mass is 10.0. The summed E-state index contributed by atoms with van der Waals surface area (Å²) in [6.07, 6.45) is 69.5. The van der Waals surface area contributed by atoms with Crippen molar-refractivity contribution in [1.29, 1.82) is 0 Å². The van der Waals surface area contributed by atoms with Crippen LogP contribution in [-0.2, 0) is 27.9 Å². The third-order valence-corrected chi connectivity index (χ3v) is 15.5. The van der Waals surface area contributed by atoms with E-state index in [9.17, 15) is 19.0 Å². The molecule has 9 nitrogen and oxygen atoms in total. The Labute approximate surface area is 471 Å². The number of amides is 1. The largest absolute Gasteiger partial charge is 0.756 e. The van der Waals surface area contributed by atoms with E-state index < -0.39 is 26.6 Å². The fraction of sp³-hybridized carbons (Fsp3) is 0.848. The number of esters is 1. The summed E-state index contributed by atoms with van der Waals surface area (Å²) in [6.45, 7) is 6.75. The number of ether oxygens (including phenoxy) is 1. The van der Waals surface area contributed by atoms with Gasteiger partial charge in [-0.05, 0) is 63.9 Å². The summed E-state index contributed by atoms with van der Waals surface area (Å²) in [5.41, 5.74) is 0. The van der Waals surface area contributed by atoms with E-state index in [1.807, 2.05) is 33.3 Å². The average molecular weight is 1090 g/mol. The van der Waals surface area contributed by atoms with E-state index in [0.29, 0.717) is 23.9 Å². The fourth-order valence-electron chi connectivity index (χ4n) is 9.54. The Balaban J connectivity index is 5.15. The van der Waals surface area contributed by atoms with E-state index >= 15 is 0 Å². The first-order chi connectivity index (χ1) is 36.9. The number of quaternary nitrogens is 1. The van der Waals surface area contributed by atoms with Crippen LogP contribution >= 0.6 is 7.82 Å². The number of hydrogen-bond donors (Lipinski definition) is 1. The summed E-state index contributed by atoms with van der Waals surface area (Å²) in [5.74, 6) is -0.554. The Kier molecular flexibility index (Phi) is 54.7. The molecule has 1 amide bonds. The fourth-order valence-corrected chi connectivity index (χ4v) is 10.3. The Hall–Kier alpha value is -2.03. The van der Waals surface area contributed by atoms with Crippen LogP contribution in [0.5, 0.6) is 0 Å². The highest BCUT2D eigenvalue weighted by Gasteiger charge is 2.27. The van der Waals surface area contributed by atoms with Crippen LogP contribution in [0.1, 0.15) is 310 Å². The predicted molar refractivity (Wildman–Crippen MR) is 326 cm³/mol. The molecule has 1 N–H and O–H groups in total. The van der Waals surface area contributed by atoms with E-state index in [4.69, 9.17) is 13.8 Å². The normalized spacial score (nSPS) is 13.9. The molecule has 0 fully saturated rings. The van der Waals surface area contributed by atoms with E-state index in [2.05, 4.69) is 62.5 Å². The molecule has 0 aliphatic carbocycles. The van der Waals surface area contributed by atoms with Gasteiger partial charge in [-0.2, -0.15) is 0 Å². The molecule has 76 heavy (non-hydrogen) atoms. The molecule has 0 aromatic heterocycles. The molecular formula is C66H125N2O7P. The molecule has 0 saturated carbocycles. The van der Waals surface area contributed by atoms with Gasteiger partial charge in [0.05, 0.1) is 33.8 Å². The molecular weight excluding hydrogens is 964 g/mol. The van der Waals surface area contributed by atoms with Crippen molar-refractivity contribution in [2.45, 2.75) is 322 Å². The topological polar surface area (TPSA) is 114 Å². The molecule has 3 atom stereocenters. The number of carbonyl (C=O) groups is 2. The van der Waals surface area contributed by atoms with Crippen molar-refractivity contribution in [2.75, 3.05) is 40.9 Å². The highest BCUT2D eigenvalue weighted by atomic mass is 31.2. The quantitative estimate of drug-likeness (QED) is 0.0212. The number of phosphoric ester groups is 1. The van der Waals surface area contributed by atoms with Crippen molar-refractivity contribution in [3.8, 4) is 0 Å². The number of hydrogen-bond acceptors (Lipinski definition) is 7. The van der Waals surface area contributed by atoms with Gasteiger partial charge in [-0.1, -0.05) is 282 Å². The number of rotatable bonds is 59. The Bertz CT molecular complexity index is 1440. The van der Waals surface area contributed by atoms with Crippen LogP contribution in [0.15, 0.2) is 48.6 Å². The predicted octanol–water partition coefficient (Wildman–Crippen LogP) is 19.4. The zero-order valence-electron chi connectivity index (χ0n) is 51.0. The highest BCUT2D eigenvalue weighted by Crippen LogP contribution is 2.38. The summed E-state index contributed by atoms with van der Waals surface area (Å²) in [4.78, 5) is 40.0. The first kappa shape index (κ1) is 74.0. The Morgan fingerprint density at radius 3 is 1.26 bits per heavy atom. The van der Waals surface area contributed by atoms with Crippen molar-refractivity contribution in [1.82, 2.24) is 5.32 Å². The molecule has 446 valence electrons. The van der Waals surface area contributed by atoms with Gasteiger partial charge < -0.3 is 28.5 Å². The number of nitrogens with zero attached hydrogens (tertiary/aromatic N) is 1. The molecule has 0 aliphatic heterocycles. The maximum Gasteiger partial charge on any atom is 0.306 e. The van der Waals surface area contributed by atoms with E-state index in [-0.39, 0.29) is 24.9 Å². The van der Waals surface area contributed by atoms with Crippen molar-refractivity contribution in [3.05, 3.63) is 48.6 Å². The van der Waals surface area contributed by atoms with Crippen molar-refractivity contribution < 1.29 is 37.3 Å². The van der Waals surface area contributed by atoms with Crippen LogP contribution in [0, 0.1) is 0 Å². The number of phosphoric acid groups is 1. The van der Waals surface area contributed by atoms with Gasteiger partial charge in [0.2, 0.25) is 5.91 Å². The monoisotopic (exact) mass is 1090 g/mol. The lowest BCUT2D eigenvalue weighted by molar-refractivity contribution is -0.870. The lowest BCUT2D eigenvalue weighted by Gasteiger charge is -2.30. The smallest absolute Gasteiger partial charge is 0.306 e. The van der Waals surface area contributed by atoms with Gasteiger partial charge in [0.1, 0.15) is 19.3 Å². The zero-order chi connectivity index (χ0) is 55.7. The molecule has 0 rings (SSSR count). The van der Waals surface area contributed by atoms with Gasteiger partial charge in [-0.3, -0.25) is 14.2 Å². The second-order valence-electron chi connectivity index (χ2n) is 23.2. The molecule has 0 bridgehead atoms. The second-order valence-corrected chi connectivity index (χ2v) is 24.7. The highest BCUT2D eigenvalue weighted by molar-refractivity contribution is 7.45. The van der Waals surface area contributed by atoms with Crippen LogP contribution in [-0.4, -0.2) is 69.4 Å². The van der Waals surface area contributed by atoms with Crippen molar-refractivity contribution in [2.24, 2.45) is 0 Å². The van der Waals surface area contributed by atoms with Crippen LogP contribution in [0.2, 0.25) is 0 Å². The summed E-state index contributed by atoms with van der Waals surface area (Å²) in [7, 11) is 1.18. The zero-order valence-corrected chi connectivity index (χ0v) is 51.9. The molecule has 0 spiro atoms. The van der Waals surface area contributed by atoms with Gasteiger partial charge >= 0.3 is 5.97 Å². The average Bonchev–Trinajstić information content (AvgIpc) is 3.38. The number of allylic oxidation sites excluding steroid dienone is 7. The van der Waals surface area contributed by atoms with Crippen LogP contribution < -0.4 is 10.2 Å². The molecule has 3 unspecified atom stereocenters. The number of nitrogens with one attached hydrogen (secondary N) is 1. The molecule has 0 saturated heterocycles. The number of carbonyl (C=O) groups excluding carboxylic acids is 2. The number of likely N-dealkylation sites (N-methyl/N-ethyl adjacent to an activating group) is 1. The molecule has 0 aromatic carbocycles. The van der Waals surface area contributed by atoms with Crippen molar-refractivity contribution >= 4 is 19.7 Å². The minimum absolute atomic E-state index is 0.0249. The summed E-state index contributed by atoms with van der Waals surface area (Å²) >= 11 is 0. The van der Waals surface area contributed by atoms with Crippen molar-refractivity contribution in [3.63, 3.8) is 0 Å². The standard InChI is InChI=1S/C66H125N2O7P/c1-7-10-13-16-19-22-25-28-30-31-32-33-34-35-36-37-38-40-43-46-49-52-55-58-65(69)67-63(62-74-76(71,72)73-61-60-68(4,5)6)64(57-54-51-48-45-42-39-27-24-21-18-15-12-9-3)75-66(70)59-56-53-50-47-44-41-29-26-23-20-17-14-11-8-2/h11,14,20,23,29,41,54,57,63-64H,7-10,12-13,15-19,21-22,24-28,30-40,42-53,55-56,58-62H2,1-6H3,(H-,67,69,71,72)/b14-11+,23-20+,41-29+,57-54-. The van der Waals surface area contributed by atoms with E-state index in [0.717, 1.165) is 83.5 Å². The maximum atomic E-state index is 13.6. The van der Waals surface area contributed by atoms with Gasteiger partial charge in [0, 0.05) is 12.8 Å². The minimum atomic E-state index is -4.70. The van der Waals surface area contributed by atoms with Gasteiger partial charge in [0.25, 0.3) is 7.82 Å². The molecule has 0 heterocycles. The number of unbranched alkanes of at least 4 members (excludes halogenated alkanes) is 37.